The lowest BCUT2D eigenvalue weighted by Gasteiger charge is -2.34. The molecule has 1 aliphatic rings. The summed E-state index contributed by atoms with van der Waals surface area (Å²) in [6.07, 6.45) is 4.73. The molecule has 1 saturated carbocycles. The molecule has 1 aliphatic carbocycles. The van der Waals surface area contributed by atoms with E-state index in [0.717, 1.165) is 36.6 Å². The van der Waals surface area contributed by atoms with E-state index in [2.05, 4.69) is 32.2 Å². The molecule has 21 heavy (non-hydrogen) atoms. The van der Waals surface area contributed by atoms with Gasteiger partial charge in [-0.05, 0) is 63.1 Å². The second-order valence-corrected chi connectivity index (χ2v) is 6.41. The minimum absolute atomic E-state index is 0.144. The SMILES string of the molecule is CCNc1cc(C)ccc1C(=O)N(C)C1CCC(C)CC1. The number of hydrogen-bond donors (Lipinski definition) is 1. The molecular weight excluding hydrogens is 260 g/mol. The highest BCUT2D eigenvalue weighted by atomic mass is 16.2. The normalized spacial score (nSPS) is 21.9. The molecule has 0 saturated heterocycles. The summed E-state index contributed by atoms with van der Waals surface area (Å²) < 4.78 is 0. The van der Waals surface area contributed by atoms with Crippen molar-refractivity contribution < 1.29 is 4.79 Å². The van der Waals surface area contributed by atoms with Crippen LogP contribution in [0, 0.1) is 12.8 Å². The lowest BCUT2D eigenvalue weighted by molar-refractivity contribution is 0.0680. The Labute approximate surface area is 128 Å². The molecule has 1 aromatic carbocycles. The molecule has 0 aromatic heterocycles. The summed E-state index contributed by atoms with van der Waals surface area (Å²) in [5, 5.41) is 3.32. The third-order valence-electron chi connectivity index (χ3n) is 4.63. The van der Waals surface area contributed by atoms with E-state index in [1.807, 2.05) is 24.1 Å². The van der Waals surface area contributed by atoms with Crippen LogP contribution >= 0.6 is 0 Å². The number of nitrogens with one attached hydrogen (secondary N) is 1. The van der Waals surface area contributed by atoms with E-state index in [0.29, 0.717) is 6.04 Å². The van der Waals surface area contributed by atoms with Crippen molar-refractivity contribution >= 4 is 11.6 Å². The number of aryl methyl sites for hydroxylation is 1. The van der Waals surface area contributed by atoms with E-state index in [4.69, 9.17) is 0 Å². The number of carbonyl (C=O) groups is 1. The predicted octanol–water partition coefficient (Wildman–Crippen LogP) is 4.08. The molecule has 0 atom stereocenters. The molecule has 116 valence electrons. The number of anilines is 1. The molecule has 3 nitrogen and oxygen atoms in total. The summed E-state index contributed by atoms with van der Waals surface area (Å²) in [5.74, 6) is 0.951. The van der Waals surface area contributed by atoms with Gasteiger partial charge in [0, 0.05) is 25.3 Å². The Bertz CT molecular complexity index is 490. The van der Waals surface area contributed by atoms with Gasteiger partial charge in [0.05, 0.1) is 5.56 Å². The maximum atomic E-state index is 12.8. The maximum Gasteiger partial charge on any atom is 0.255 e. The molecule has 1 aromatic rings. The van der Waals surface area contributed by atoms with Crippen LogP contribution in [0.5, 0.6) is 0 Å². The van der Waals surface area contributed by atoms with Crippen LogP contribution < -0.4 is 5.32 Å². The first kappa shape index (κ1) is 15.9. The van der Waals surface area contributed by atoms with E-state index in [1.165, 1.54) is 18.4 Å². The third kappa shape index (κ3) is 3.78. The van der Waals surface area contributed by atoms with Crippen molar-refractivity contribution in [2.45, 2.75) is 52.5 Å². The smallest absolute Gasteiger partial charge is 0.255 e. The zero-order chi connectivity index (χ0) is 15.4. The molecule has 3 heteroatoms. The maximum absolute atomic E-state index is 12.8. The molecule has 0 bridgehead atoms. The Morgan fingerprint density at radius 3 is 2.57 bits per heavy atom. The minimum atomic E-state index is 0.144. The Balaban J connectivity index is 2.15. The van der Waals surface area contributed by atoms with Crippen LogP contribution in [0.15, 0.2) is 18.2 Å². The molecule has 1 amide bonds. The Kier molecular flexibility index (Phi) is 5.27. The van der Waals surface area contributed by atoms with Crippen molar-refractivity contribution in [3.8, 4) is 0 Å². The van der Waals surface area contributed by atoms with Gasteiger partial charge in [-0.2, -0.15) is 0 Å². The lowest BCUT2D eigenvalue weighted by Crippen LogP contribution is -2.39. The van der Waals surface area contributed by atoms with Crippen LogP contribution in [0.25, 0.3) is 0 Å². The molecule has 0 aliphatic heterocycles. The average molecular weight is 288 g/mol. The van der Waals surface area contributed by atoms with Gasteiger partial charge in [0.15, 0.2) is 0 Å². The van der Waals surface area contributed by atoms with Gasteiger partial charge in [-0.3, -0.25) is 4.79 Å². The van der Waals surface area contributed by atoms with Crippen LogP contribution in [0.1, 0.15) is 55.5 Å². The van der Waals surface area contributed by atoms with Gasteiger partial charge in [-0.1, -0.05) is 13.0 Å². The molecule has 0 radical (unpaired) electrons. The molecule has 0 spiro atoms. The fraction of sp³-hybridized carbons (Fsp3) is 0.611. The number of benzene rings is 1. The zero-order valence-corrected chi connectivity index (χ0v) is 13.8. The molecular formula is C18H28N2O. The second-order valence-electron chi connectivity index (χ2n) is 6.41. The first-order valence-electron chi connectivity index (χ1n) is 8.14. The Morgan fingerprint density at radius 2 is 1.95 bits per heavy atom. The molecule has 1 fully saturated rings. The van der Waals surface area contributed by atoms with Gasteiger partial charge in [0.1, 0.15) is 0 Å². The van der Waals surface area contributed by atoms with E-state index in [9.17, 15) is 4.79 Å². The van der Waals surface area contributed by atoms with Crippen molar-refractivity contribution in [2.75, 3.05) is 18.9 Å². The van der Waals surface area contributed by atoms with Crippen molar-refractivity contribution in [2.24, 2.45) is 5.92 Å². The van der Waals surface area contributed by atoms with Gasteiger partial charge in [-0.25, -0.2) is 0 Å². The van der Waals surface area contributed by atoms with E-state index in [1.54, 1.807) is 0 Å². The van der Waals surface area contributed by atoms with Crippen molar-refractivity contribution in [1.82, 2.24) is 4.90 Å². The van der Waals surface area contributed by atoms with Crippen LogP contribution in [-0.4, -0.2) is 30.4 Å². The Morgan fingerprint density at radius 1 is 1.29 bits per heavy atom. The Hall–Kier alpha value is -1.51. The predicted molar refractivity (Wildman–Crippen MR) is 88.9 cm³/mol. The van der Waals surface area contributed by atoms with Gasteiger partial charge >= 0.3 is 0 Å². The summed E-state index contributed by atoms with van der Waals surface area (Å²) in [6, 6.07) is 6.43. The van der Waals surface area contributed by atoms with E-state index in [-0.39, 0.29) is 5.91 Å². The van der Waals surface area contributed by atoms with Crippen LogP contribution in [-0.2, 0) is 0 Å². The second kappa shape index (κ2) is 6.97. The largest absolute Gasteiger partial charge is 0.385 e. The first-order valence-corrected chi connectivity index (χ1v) is 8.14. The molecule has 0 unspecified atom stereocenters. The zero-order valence-electron chi connectivity index (χ0n) is 13.8. The average Bonchev–Trinajstić information content (AvgIpc) is 2.47. The minimum Gasteiger partial charge on any atom is -0.385 e. The van der Waals surface area contributed by atoms with E-state index >= 15 is 0 Å². The number of nitrogens with zero attached hydrogens (tertiary/aromatic N) is 1. The fourth-order valence-electron chi connectivity index (χ4n) is 3.17. The van der Waals surface area contributed by atoms with E-state index < -0.39 is 0 Å². The molecule has 0 heterocycles. The number of amides is 1. The number of hydrogen-bond acceptors (Lipinski definition) is 2. The monoisotopic (exact) mass is 288 g/mol. The summed E-state index contributed by atoms with van der Waals surface area (Å²) >= 11 is 0. The quantitative estimate of drug-likeness (QED) is 0.905. The first-order chi connectivity index (χ1) is 10.0. The standard InChI is InChI=1S/C18H28N2O/c1-5-19-17-12-14(3)8-11-16(17)18(21)20(4)15-9-6-13(2)7-10-15/h8,11-13,15,19H,5-7,9-10H2,1-4H3. The van der Waals surface area contributed by atoms with Crippen LogP contribution in [0.2, 0.25) is 0 Å². The number of rotatable bonds is 4. The van der Waals surface area contributed by atoms with Gasteiger partial charge < -0.3 is 10.2 Å². The molecule has 1 N–H and O–H groups in total. The fourth-order valence-corrected chi connectivity index (χ4v) is 3.17. The highest BCUT2D eigenvalue weighted by Gasteiger charge is 2.26. The van der Waals surface area contributed by atoms with Crippen LogP contribution in [0.4, 0.5) is 5.69 Å². The van der Waals surface area contributed by atoms with Gasteiger partial charge in [0.25, 0.3) is 5.91 Å². The lowest BCUT2D eigenvalue weighted by atomic mass is 9.86. The van der Waals surface area contributed by atoms with Gasteiger partial charge in [-0.15, -0.1) is 0 Å². The summed E-state index contributed by atoms with van der Waals surface area (Å²) in [5.41, 5.74) is 2.93. The molecule has 2 rings (SSSR count). The summed E-state index contributed by atoms with van der Waals surface area (Å²) in [6.45, 7) is 7.25. The topological polar surface area (TPSA) is 32.3 Å². The van der Waals surface area contributed by atoms with Crippen molar-refractivity contribution in [3.63, 3.8) is 0 Å². The summed E-state index contributed by atoms with van der Waals surface area (Å²) in [4.78, 5) is 14.8. The number of carbonyl (C=O) groups excluding carboxylic acids is 1. The third-order valence-corrected chi connectivity index (χ3v) is 4.63. The highest BCUT2D eigenvalue weighted by Crippen LogP contribution is 2.28. The van der Waals surface area contributed by atoms with Crippen molar-refractivity contribution in [3.05, 3.63) is 29.3 Å². The van der Waals surface area contributed by atoms with Crippen molar-refractivity contribution in [1.29, 1.82) is 0 Å². The highest BCUT2D eigenvalue weighted by molar-refractivity contribution is 5.99. The van der Waals surface area contributed by atoms with Crippen LogP contribution in [0.3, 0.4) is 0 Å². The summed E-state index contributed by atoms with van der Waals surface area (Å²) in [7, 11) is 1.96. The van der Waals surface area contributed by atoms with Gasteiger partial charge in [0.2, 0.25) is 0 Å².